The van der Waals surface area contributed by atoms with Crippen molar-refractivity contribution in [1.29, 1.82) is 0 Å². The number of aryl methyl sites for hydroxylation is 1. The van der Waals surface area contributed by atoms with Crippen molar-refractivity contribution in [2.24, 2.45) is 0 Å². The maximum atomic E-state index is 12.5. The molecule has 20 heavy (non-hydrogen) atoms. The lowest BCUT2D eigenvalue weighted by atomic mass is 10.1. The lowest BCUT2D eigenvalue weighted by Crippen LogP contribution is -2.32. The lowest BCUT2D eigenvalue weighted by Gasteiger charge is -2.23. The number of likely N-dealkylation sites (N-methyl/N-ethyl adjacent to an activating group) is 1. The topological polar surface area (TPSA) is 32.3 Å². The van der Waals surface area contributed by atoms with Crippen LogP contribution in [0.3, 0.4) is 0 Å². The molecule has 1 unspecified atom stereocenters. The zero-order valence-electron chi connectivity index (χ0n) is 12.1. The molecule has 0 saturated carbocycles. The summed E-state index contributed by atoms with van der Waals surface area (Å²) in [5.41, 5.74) is 2.99. The normalized spacial score (nSPS) is 12.2. The van der Waals surface area contributed by atoms with Crippen molar-refractivity contribution in [3.05, 3.63) is 65.7 Å². The summed E-state index contributed by atoms with van der Waals surface area (Å²) in [7, 11) is 3.82. The summed E-state index contributed by atoms with van der Waals surface area (Å²) in [4.78, 5) is 14.4. The van der Waals surface area contributed by atoms with Gasteiger partial charge in [-0.1, -0.05) is 48.0 Å². The van der Waals surface area contributed by atoms with E-state index >= 15 is 0 Å². The van der Waals surface area contributed by atoms with Crippen LogP contribution in [0, 0.1) is 6.92 Å². The summed E-state index contributed by atoms with van der Waals surface area (Å²) in [6.07, 6.45) is 0. The zero-order valence-corrected chi connectivity index (χ0v) is 12.1. The molecule has 1 N–H and O–H groups in total. The second-order valence-corrected chi connectivity index (χ2v) is 5.13. The summed E-state index contributed by atoms with van der Waals surface area (Å²) >= 11 is 0. The van der Waals surface area contributed by atoms with Crippen LogP contribution in [0.4, 0.5) is 5.69 Å². The third-order valence-corrected chi connectivity index (χ3v) is 3.20. The second kappa shape index (κ2) is 6.35. The van der Waals surface area contributed by atoms with Crippen LogP contribution in [0.5, 0.6) is 0 Å². The van der Waals surface area contributed by atoms with Gasteiger partial charge in [-0.15, -0.1) is 0 Å². The van der Waals surface area contributed by atoms with Crippen molar-refractivity contribution >= 4 is 11.6 Å². The highest BCUT2D eigenvalue weighted by Crippen LogP contribution is 2.20. The summed E-state index contributed by atoms with van der Waals surface area (Å²) in [5, 5.41) is 2.97. The first-order chi connectivity index (χ1) is 9.58. The minimum absolute atomic E-state index is 0.0231. The Morgan fingerprint density at radius 2 is 1.60 bits per heavy atom. The molecule has 0 bridgehead atoms. The Kier molecular flexibility index (Phi) is 4.53. The van der Waals surface area contributed by atoms with Gasteiger partial charge in [-0.05, 0) is 38.7 Å². The van der Waals surface area contributed by atoms with Crippen LogP contribution in [0.15, 0.2) is 54.6 Å². The number of benzene rings is 2. The van der Waals surface area contributed by atoms with Crippen molar-refractivity contribution in [2.75, 3.05) is 19.4 Å². The number of rotatable bonds is 4. The van der Waals surface area contributed by atoms with Crippen LogP contribution in [0.25, 0.3) is 0 Å². The summed E-state index contributed by atoms with van der Waals surface area (Å²) in [6, 6.07) is 17.3. The smallest absolute Gasteiger partial charge is 0.246 e. The Morgan fingerprint density at radius 1 is 1.00 bits per heavy atom. The first-order valence-corrected chi connectivity index (χ1v) is 6.67. The molecule has 0 radical (unpaired) electrons. The average Bonchev–Trinajstić information content (AvgIpc) is 2.42. The standard InChI is InChI=1S/C17H20N2O/c1-13-9-11-15(12-10-13)18-17(20)16(19(2)3)14-7-5-4-6-8-14/h4-12,16H,1-3H3,(H,18,20). The van der Waals surface area contributed by atoms with E-state index in [1.54, 1.807) is 0 Å². The van der Waals surface area contributed by atoms with Gasteiger partial charge in [-0.3, -0.25) is 9.69 Å². The minimum Gasteiger partial charge on any atom is -0.324 e. The van der Waals surface area contributed by atoms with E-state index in [0.717, 1.165) is 11.3 Å². The molecule has 2 aromatic rings. The van der Waals surface area contributed by atoms with Gasteiger partial charge < -0.3 is 5.32 Å². The predicted octanol–water partition coefficient (Wildman–Crippen LogP) is 3.24. The Bertz CT molecular complexity index is 561. The van der Waals surface area contributed by atoms with Gasteiger partial charge in [0.1, 0.15) is 6.04 Å². The van der Waals surface area contributed by atoms with E-state index in [0.29, 0.717) is 0 Å². The van der Waals surface area contributed by atoms with Gasteiger partial charge in [0.15, 0.2) is 0 Å². The van der Waals surface area contributed by atoms with E-state index in [1.807, 2.05) is 80.5 Å². The van der Waals surface area contributed by atoms with E-state index in [2.05, 4.69) is 5.32 Å². The fourth-order valence-electron chi connectivity index (χ4n) is 2.17. The van der Waals surface area contributed by atoms with Gasteiger partial charge in [-0.2, -0.15) is 0 Å². The molecule has 3 heteroatoms. The van der Waals surface area contributed by atoms with Crippen LogP contribution in [0.1, 0.15) is 17.2 Å². The van der Waals surface area contributed by atoms with Crippen molar-refractivity contribution in [3.8, 4) is 0 Å². The second-order valence-electron chi connectivity index (χ2n) is 5.13. The number of hydrogen-bond donors (Lipinski definition) is 1. The molecule has 2 aromatic carbocycles. The van der Waals surface area contributed by atoms with Crippen LogP contribution >= 0.6 is 0 Å². The van der Waals surface area contributed by atoms with Gasteiger partial charge in [0, 0.05) is 5.69 Å². The molecule has 0 fully saturated rings. The van der Waals surface area contributed by atoms with Crippen LogP contribution in [0.2, 0.25) is 0 Å². The molecule has 0 spiro atoms. The molecule has 2 rings (SSSR count). The molecule has 0 aliphatic heterocycles. The fraction of sp³-hybridized carbons (Fsp3) is 0.235. The van der Waals surface area contributed by atoms with E-state index < -0.39 is 0 Å². The maximum absolute atomic E-state index is 12.5. The third-order valence-electron chi connectivity index (χ3n) is 3.20. The Balaban J connectivity index is 2.18. The number of anilines is 1. The van der Waals surface area contributed by atoms with Gasteiger partial charge in [0.2, 0.25) is 5.91 Å². The van der Waals surface area contributed by atoms with Gasteiger partial charge in [0.05, 0.1) is 0 Å². The van der Waals surface area contributed by atoms with Gasteiger partial charge >= 0.3 is 0 Å². The summed E-state index contributed by atoms with van der Waals surface area (Å²) in [6.45, 7) is 2.03. The van der Waals surface area contributed by atoms with E-state index in [9.17, 15) is 4.79 Å². The molecule has 0 heterocycles. The van der Waals surface area contributed by atoms with Gasteiger partial charge in [-0.25, -0.2) is 0 Å². The monoisotopic (exact) mass is 268 g/mol. The highest BCUT2D eigenvalue weighted by atomic mass is 16.2. The van der Waals surface area contributed by atoms with Crippen molar-refractivity contribution in [2.45, 2.75) is 13.0 Å². The Morgan fingerprint density at radius 3 is 2.15 bits per heavy atom. The SMILES string of the molecule is Cc1ccc(NC(=O)C(c2ccccc2)N(C)C)cc1. The van der Waals surface area contributed by atoms with E-state index in [4.69, 9.17) is 0 Å². The molecule has 0 saturated heterocycles. The first-order valence-electron chi connectivity index (χ1n) is 6.67. The lowest BCUT2D eigenvalue weighted by molar-refractivity contribution is -0.120. The van der Waals surface area contributed by atoms with Gasteiger partial charge in [0.25, 0.3) is 0 Å². The number of carbonyl (C=O) groups is 1. The molecule has 3 nitrogen and oxygen atoms in total. The highest BCUT2D eigenvalue weighted by molar-refractivity contribution is 5.95. The number of hydrogen-bond acceptors (Lipinski definition) is 2. The molecule has 1 amide bonds. The van der Waals surface area contributed by atoms with Crippen molar-refractivity contribution in [3.63, 3.8) is 0 Å². The van der Waals surface area contributed by atoms with Crippen molar-refractivity contribution < 1.29 is 4.79 Å². The average molecular weight is 268 g/mol. The largest absolute Gasteiger partial charge is 0.324 e. The quantitative estimate of drug-likeness (QED) is 0.923. The number of carbonyl (C=O) groups excluding carboxylic acids is 1. The Labute approximate surface area is 120 Å². The van der Waals surface area contributed by atoms with E-state index in [-0.39, 0.29) is 11.9 Å². The summed E-state index contributed by atoms with van der Waals surface area (Å²) in [5.74, 6) is -0.0231. The Hall–Kier alpha value is -2.13. The minimum atomic E-state index is -0.294. The van der Waals surface area contributed by atoms with Crippen molar-refractivity contribution in [1.82, 2.24) is 4.90 Å². The first kappa shape index (κ1) is 14.3. The highest BCUT2D eigenvalue weighted by Gasteiger charge is 2.22. The molecular formula is C17H20N2O. The van der Waals surface area contributed by atoms with Crippen LogP contribution in [-0.2, 0) is 4.79 Å². The molecule has 0 aromatic heterocycles. The zero-order chi connectivity index (χ0) is 14.5. The van der Waals surface area contributed by atoms with Crippen LogP contribution < -0.4 is 5.32 Å². The third kappa shape index (κ3) is 3.45. The van der Waals surface area contributed by atoms with Crippen LogP contribution in [-0.4, -0.2) is 24.9 Å². The summed E-state index contributed by atoms with van der Waals surface area (Å²) < 4.78 is 0. The number of amides is 1. The number of nitrogens with one attached hydrogen (secondary N) is 1. The molecular weight excluding hydrogens is 248 g/mol. The molecule has 0 aliphatic carbocycles. The molecule has 1 atom stereocenters. The molecule has 104 valence electrons. The number of nitrogens with zero attached hydrogens (tertiary/aromatic N) is 1. The fourth-order valence-corrected chi connectivity index (χ4v) is 2.17. The maximum Gasteiger partial charge on any atom is 0.246 e. The predicted molar refractivity (Wildman–Crippen MR) is 82.7 cm³/mol. The van der Waals surface area contributed by atoms with E-state index in [1.165, 1.54) is 5.56 Å². The molecule has 0 aliphatic rings.